The number of alkyl halides is 3. The van der Waals surface area contributed by atoms with Gasteiger partial charge in [0.05, 0.1) is 5.56 Å². The predicted octanol–water partition coefficient (Wildman–Crippen LogP) is 2.77. The zero-order chi connectivity index (χ0) is 10.1. The van der Waals surface area contributed by atoms with E-state index >= 15 is 0 Å². The Morgan fingerprint density at radius 2 is 1.62 bits per heavy atom. The lowest BCUT2D eigenvalue weighted by molar-refractivity contribution is -0.137. The van der Waals surface area contributed by atoms with Crippen LogP contribution in [0, 0.1) is 0 Å². The van der Waals surface area contributed by atoms with Crippen molar-refractivity contribution in [1.82, 2.24) is 0 Å². The van der Waals surface area contributed by atoms with Crippen molar-refractivity contribution in [3.8, 4) is 0 Å². The summed E-state index contributed by atoms with van der Waals surface area (Å²) in [6, 6.07) is 5.50. The van der Waals surface area contributed by atoms with Crippen molar-refractivity contribution in [3.63, 3.8) is 0 Å². The third-order valence-corrected chi connectivity index (χ3v) is 1.69. The Morgan fingerprint density at radius 1 is 1.08 bits per heavy atom. The molecule has 0 aliphatic heterocycles. The van der Waals surface area contributed by atoms with Gasteiger partial charge in [0.15, 0.2) is 0 Å². The first-order valence-corrected chi connectivity index (χ1v) is 3.76. The Bertz CT molecular complexity index is 291. The Kier molecular flexibility index (Phi) is 2.50. The summed E-state index contributed by atoms with van der Waals surface area (Å²) < 4.78 is 37.1. The molecule has 0 amide bonds. The van der Waals surface area contributed by atoms with E-state index in [1.807, 2.05) is 0 Å². The van der Waals surface area contributed by atoms with Crippen LogP contribution in [0.25, 0.3) is 0 Å². The standard InChI is InChI=1S/C9H10F3N/c1-13(2)8-6-4-3-5-7(8)9(10,11)12/h3-6H,1-2H3. The molecule has 0 saturated heterocycles. The zero-order valence-electron chi connectivity index (χ0n) is 7.39. The molecule has 0 aliphatic carbocycles. The van der Waals surface area contributed by atoms with E-state index in [-0.39, 0.29) is 5.69 Å². The molecule has 0 bridgehead atoms. The van der Waals surface area contributed by atoms with Crippen molar-refractivity contribution in [3.05, 3.63) is 29.8 Å². The molecule has 0 aromatic heterocycles. The van der Waals surface area contributed by atoms with Crippen LogP contribution in [0.5, 0.6) is 0 Å². The van der Waals surface area contributed by atoms with Crippen LogP contribution in [0.15, 0.2) is 24.3 Å². The van der Waals surface area contributed by atoms with Crippen LogP contribution in [-0.2, 0) is 6.18 Å². The van der Waals surface area contributed by atoms with Gasteiger partial charge in [0.25, 0.3) is 0 Å². The van der Waals surface area contributed by atoms with E-state index in [0.29, 0.717) is 0 Å². The van der Waals surface area contributed by atoms with Gasteiger partial charge in [-0.1, -0.05) is 12.1 Å². The molecule has 72 valence electrons. The van der Waals surface area contributed by atoms with Crippen LogP contribution in [0.3, 0.4) is 0 Å². The first-order valence-electron chi connectivity index (χ1n) is 3.76. The number of hydrogen-bond donors (Lipinski definition) is 0. The number of hydrogen-bond acceptors (Lipinski definition) is 1. The first kappa shape index (κ1) is 9.89. The van der Waals surface area contributed by atoms with Gasteiger partial charge in [0.2, 0.25) is 0 Å². The summed E-state index contributed by atoms with van der Waals surface area (Å²) in [6.07, 6.45) is -4.28. The summed E-state index contributed by atoms with van der Waals surface area (Å²) in [4.78, 5) is 1.45. The second kappa shape index (κ2) is 3.28. The average Bonchev–Trinajstić information content (AvgIpc) is 2.03. The van der Waals surface area contributed by atoms with Crippen LogP contribution in [-0.4, -0.2) is 14.1 Å². The molecule has 0 atom stereocenters. The fourth-order valence-corrected chi connectivity index (χ4v) is 1.10. The maximum absolute atomic E-state index is 12.4. The fourth-order valence-electron chi connectivity index (χ4n) is 1.10. The second-order valence-electron chi connectivity index (χ2n) is 2.91. The summed E-state index contributed by atoms with van der Waals surface area (Å²) in [5.74, 6) is 0. The highest BCUT2D eigenvalue weighted by molar-refractivity contribution is 5.53. The van der Waals surface area contributed by atoms with Crippen molar-refractivity contribution in [1.29, 1.82) is 0 Å². The Hall–Kier alpha value is -1.19. The highest BCUT2D eigenvalue weighted by Gasteiger charge is 2.33. The highest BCUT2D eigenvalue weighted by atomic mass is 19.4. The van der Waals surface area contributed by atoms with Crippen molar-refractivity contribution in [2.45, 2.75) is 6.18 Å². The van der Waals surface area contributed by atoms with Crippen molar-refractivity contribution in [2.24, 2.45) is 0 Å². The van der Waals surface area contributed by atoms with Crippen molar-refractivity contribution < 1.29 is 13.2 Å². The summed E-state index contributed by atoms with van der Waals surface area (Å²) in [6.45, 7) is 0. The number of anilines is 1. The molecule has 1 aromatic carbocycles. The van der Waals surface area contributed by atoms with E-state index in [1.54, 1.807) is 20.2 Å². The van der Waals surface area contributed by atoms with Crippen LogP contribution in [0.2, 0.25) is 0 Å². The lowest BCUT2D eigenvalue weighted by Gasteiger charge is -2.18. The Labute approximate surface area is 74.8 Å². The predicted molar refractivity (Wildman–Crippen MR) is 45.8 cm³/mol. The zero-order valence-corrected chi connectivity index (χ0v) is 7.39. The third-order valence-electron chi connectivity index (χ3n) is 1.69. The number of para-hydroxylation sites is 1. The quantitative estimate of drug-likeness (QED) is 0.656. The van der Waals surface area contributed by atoms with Crippen LogP contribution >= 0.6 is 0 Å². The molecule has 0 aliphatic rings. The van der Waals surface area contributed by atoms with E-state index < -0.39 is 11.7 Å². The average molecular weight is 189 g/mol. The maximum atomic E-state index is 12.4. The van der Waals surface area contributed by atoms with Crippen LogP contribution < -0.4 is 4.90 Å². The molecule has 0 spiro atoms. The first-order chi connectivity index (χ1) is 5.93. The van der Waals surface area contributed by atoms with Gasteiger partial charge in [-0.15, -0.1) is 0 Å². The van der Waals surface area contributed by atoms with Crippen LogP contribution in [0.1, 0.15) is 5.56 Å². The topological polar surface area (TPSA) is 3.24 Å². The van der Waals surface area contributed by atoms with E-state index in [4.69, 9.17) is 0 Å². The van der Waals surface area contributed by atoms with Gasteiger partial charge >= 0.3 is 6.18 Å². The number of nitrogens with zero attached hydrogens (tertiary/aromatic N) is 1. The number of rotatable bonds is 1. The van der Waals surface area contributed by atoms with Gasteiger partial charge in [-0.05, 0) is 12.1 Å². The molecule has 1 rings (SSSR count). The minimum absolute atomic E-state index is 0.190. The van der Waals surface area contributed by atoms with Crippen molar-refractivity contribution >= 4 is 5.69 Å². The van der Waals surface area contributed by atoms with E-state index in [1.165, 1.54) is 17.0 Å². The largest absolute Gasteiger partial charge is 0.418 e. The molecule has 0 fully saturated rings. The molecule has 13 heavy (non-hydrogen) atoms. The lowest BCUT2D eigenvalue weighted by atomic mass is 10.1. The molecular weight excluding hydrogens is 179 g/mol. The van der Waals surface area contributed by atoms with Gasteiger partial charge in [0, 0.05) is 19.8 Å². The summed E-state index contributed by atoms with van der Waals surface area (Å²) in [5.41, 5.74) is -0.407. The van der Waals surface area contributed by atoms with E-state index in [9.17, 15) is 13.2 Å². The van der Waals surface area contributed by atoms with Gasteiger partial charge in [-0.25, -0.2) is 0 Å². The van der Waals surface area contributed by atoms with Gasteiger partial charge in [-0.2, -0.15) is 13.2 Å². The maximum Gasteiger partial charge on any atom is 0.418 e. The summed E-state index contributed by atoms with van der Waals surface area (Å²) in [5, 5.41) is 0. The molecule has 0 heterocycles. The second-order valence-corrected chi connectivity index (χ2v) is 2.91. The fraction of sp³-hybridized carbons (Fsp3) is 0.333. The van der Waals surface area contributed by atoms with Gasteiger partial charge in [0.1, 0.15) is 0 Å². The number of halogens is 3. The molecule has 4 heteroatoms. The van der Waals surface area contributed by atoms with E-state index in [0.717, 1.165) is 6.07 Å². The van der Waals surface area contributed by atoms with Gasteiger partial charge < -0.3 is 4.90 Å². The molecule has 1 aromatic rings. The Morgan fingerprint density at radius 3 is 2.00 bits per heavy atom. The molecule has 0 saturated carbocycles. The summed E-state index contributed by atoms with van der Waals surface area (Å²) in [7, 11) is 3.18. The number of benzene rings is 1. The highest BCUT2D eigenvalue weighted by Crippen LogP contribution is 2.35. The van der Waals surface area contributed by atoms with Crippen LogP contribution in [0.4, 0.5) is 18.9 Å². The normalized spacial score (nSPS) is 11.5. The minimum atomic E-state index is -4.28. The monoisotopic (exact) mass is 189 g/mol. The van der Waals surface area contributed by atoms with Crippen molar-refractivity contribution in [2.75, 3.05) is 19.0 Å². The minimum Gasteiger partial charge on any atom is -0.377 e. The Balaban J connectivity index is 3.20. The molecule has 1 nitrogen and oxygen atoms in total. The molecular formula is C9H10F3N. The molecule has 0 N–H and O–H groups in total. The van der Waals surface area contributed by atoms with E-state index in [2.05, 4.69) is 0 Å². The third kappa shape index (κ3) is 2.14. The van der Waals surface area contributed by atoms with Gasteiger partial charge in [-0.3, -0.25) is 0 Å². The lowest BCUT2D eigenvalue weighted by Crippen LogP contribution is -2.16. The SMILES string of the molecule is CN(C)c1ccccc1C(F)(F)F. The smallest absolute Gasteiger partial charge is 0.377 e. The molecule has 0 unspecified atom stereocenters. The molecule has 0 radical (unpaired) electrons. The summed E-state index contributed by atoms with van der Waals surface area (Å²) >= 11 is 0.